The van der Waals surface area contributed by atoms with Gasteiger partial charge in [-0.3, -0.25) is 9.59 Å². The Morgan fingerprint density at radius 2 is 1.94 bits per heavy atom. The Bertz CT molecular complexity index is 1290. The van der Waals surface area contributed by atoms with Crippen molar-refractivity contribution < 1.29 is 28.2 Å². The van der Waals surface area contributed by atoms with E-state index in [1.54, 1.807) is 26.2 Å². The highest BCUT2D eigenvalue weighted by Gasteiger charge is 2.49. The van der Waals surface area contributed by atoms with Crippen LogP contribution in [0.2, 0.25) is 0 Å². The summed E-state index contributed by atoms with van der Waals surface area (Å²) >= 11 is 0. The summed E-state index contributed by atoms with van der Waals surface area (Å²) in [6.07, 6.45) is 1.34. The summed E-state index contributed by atoms with van der Waals surface area (Å²) in [4.78, 5) is 44.8. The van der Waals surface area contributed by atoms with Gasteiger partial charge in [-0.1, -0.05) is 30.3 Å². The zero-order chi connectivity index (χ0) is 25.2. The molecule has 0 radical (unpaired) electrons. The number of hydrogen-bond acceptors (Lipinski definition) is 6. The second-order valence-electron chi connectivity index (χ2n) is 8.35. The van der Waals surface area contributed by atoms with Crippen molar-refractivity contribution in [2.75, 3.05) is 14.2 Å². The van der Waals surface area contributed by atoms with Gasteiger partial charge in [0, 0.05) is 18.7 Å². The van der Waals surface area contributed by atoms with Crippen LogP contribution in [-0.4, -0.2) is 52.0 Å². The van der Waals surface area contributed by atoms with E-state index in [1.807, 2.05) is 18.2 Å². The molecule has 0 bridgehead atoms. The molecule has 1 aromatic heterocycles. The largest absolute Gasteiger partial charge is 0.496 e. The second kappa shape index (κ2) is 9.57. The van der Waals surface area contributed by atoms with E-state index in [0.717, 1.165) is 5.56 Å². The molecule has 10 heteroatoms. The molecule has 2 aromatic carbocycles. The molecule has 2 heterocycles. The number of carbonyl (C=O) groups excluding carboxylic acids is 3. The number of methoxy groups -OCH3 is 2. The average molecular weight is 480 g/mol. The van der Waals surface area contributed by atoms with E-state index >= 15 is 0 Å². The van der Waals surface area contributed by atoms with E-state index < -0.39 is 29.1 Å². The summed E-state index contributed by atoms with van der Waals surface area (Å²) in [7, 11) is 2.74. The fourth-order valence-electron chi connectivity index (χ4n) is 4.21. The van der Waals surface area contributed by atoms with Crippen LogP contribution in [0.15, 0.2) is 54.9 Å². The van der Waals surface area contributed by atoms with Crippen molar-refractivity contribution in [1.82, 2.24) is 19.8 Å². The van der Waals surface area contributed by atoms with Crippen LogP contribution in [0.25, 0.3) is 0 Å². The molecular weight excluding hydrogens is 455 g/mol. The number of esters is 1. The first-order valence-electron chi connectivity index (χ1n) is 10.9. The average Bonchev–Trinajstić information content (AvgIpc) is 3.28. The zero-order valence-corrected chi connectivity index (χ0v) is 19.6. The molecule has 4 rings (SSSR count). The van der Waals surface area contributed by atoms with Crippen LogP contribution in [0.1, 0.15) is 39.0 Å². The Kier molecular flexibility index (Phi) is 6.54. The van der Waals surface area contributed by atoms with Crippen molar-refractivity contribution in [3.63, 3.8) is 0 Å². The number of amides is 2. The van der Waals surface area contributed by atoms with Gasteiger partial charge in [-0.05, 0) is 30.7 Å². The van der Waals surface area contributed by atoms with E-state index in [-0.39, 0.29) is 31.0 Å². The molecule has 0 fully saturated rings. The number of para-hydroxylation sites is 1. The first kappa shape index (κ1) is 23.9. The van der Waals surface area contributed by atoms with Crippen LogP contribution in [0, 0.1) is 5.82 Å². The fraction of sp³-hybridized carbons (Fsp3) is 0.280. The maximum absolute atomic E-state index is 13.9. The number of rotatable bonds is 7. The van der Waals surface area contributed by atoms with E-state index in [1.165, 1.54) is 41.1 Å². The summed E-state index contributed by atoms with van der Waals surface area (Å²) in [5, 5.41) is 2.89. The van der Waals surface area contributed by atoms with Gasteiger partial charge in [0.1, 0.15) is 22.8 Å². The number of halogens is 1. The summed E-state index contributed by atoms with van der Waals surface area (Å²) in [6, 6.07) is 13.1. The van der Waals surface area contributed by atoms with E-state index in [0.29, 0.717) is 11.3 Å². The lowest BCUT2D eigenvalue weighted by Crippen LogP contribution is -2.63. The Morgan fingerprint density at radius 3 is 2.66 bits per heavy atom. The number of nitrogens with zero attached hydrogens (tertiary/aromatic N) is 3. The molecule has 1 aliphatic heterocycles. The Balaban J connectivity index is 1.70. The number of fused-ring (bicyclic) bond motifs is 1. The standard InChI is InChI=1S/C25H25FN4O5/c1-25(24(33)27-12-17-8-4-5-10-19(17)34-2)14-29-15-28-20(23(32)35-3)21(29)22(31)30(25)13-16-7-6-9-18(26)11-16/h4-11,15H,12-14H2,1-3H3,(H,27,33). The van der Waals surface area contributed by atoms with Gasteiger partial charge >= 0.3 is 5.97 Å². The van der Waals surface area contributed by atoms with Gasteiger partial charge in [-0.2, -0.15) is 0 Å². The van der Waals surface area contributed by atoms with Crippen molar-refractivity contribution in [2.24, 2.45) is 0 Å². The van der Waals surface area contributed by atoms with Crippen LogP contribution in [-0.2, 0) is 29.2 Å². The van der Waals surface area contributed by atoms with Crippen molar-refractivity contribution in [3.05, 3.63) is 83.2 Å². The lowest BCUT2D eigenvalue weighted by Gasteiger charge is -2.43. The van der Waals surface area contributed by atoms with Gasteiger partial charge in [0.25, 0.3) is 5.91 Å². The van der Waals surface area contributed by atoms with E-state index in [2.05, 4.69) is 10.3 Å². The predicted octanol–water partition coefficient (Wildman–Crippen LogP) is 2.55. The highest BCUT2D eigenvalue weighted by atomic mass is 19.1. The van der Waals surface area contributed by atoms with Crippen LogP contribution in [0.5, 0.6) is 5.75 Å². The van der Waals surface area contributed by atoms with E-state index in [4.69, 9.17) is 9.47 Å². The zero-order valence-electron chi connectivity index (χ0n) is 19.6. The van der Waals surface area contributed by atoms with Crippen molar-refractivity contribution in [2.45, 2.75) is 32.1 Å². The summed E-state index contributed by atoms with van der Waals surface area (Å²) in [6.45, 7) is 1.78. The number of aromatic nitrogens is 2. The minimum Gasteiger partial charge on any atom is -0.496 e. The van der Waals surface area contributed by atoms with Crippen LogP contribution in [0.4, 0.5) is 4.39 Å². The maximum Gasteiger partial charge on any atom is 0.359 e. The normalized spacial score (nSPS) is 17.0. The van der Waals surface area contributed by atoms with Crippen molar-refractivity contribution >= 4 is 17.8 Å². The monoisotopic (exact) mass is 480 g/mol. The van der Waals surface area contributed by atoms with Gasteiger partial charge in [0.05, 0.1) is 27.1 Å². The quantitative estimate of drug-likeness (QED) is 0.522. The Hall–Kier alpha value is -4.21. The van der Waals surface area contributed by atoms with Crippen molar-refractivity contribution in [1.29, 1.82) is 0 Å². The maximum atomic E-state index is 13.9. The number of carbonyl (C=O) groups is 3. The highest BCUT2D eigenvalue weighted by Crippen LogP contribution is 2.31. The van der Waals surface area contributed by atoms with Gasteiger partial charge in [-0.15, -0.1) is 0 Å². The molecule has 1 N–H and O–H groups in total. The molecule has 1 atom stereocenters. The molecule has 0 aliphatic carbocycles. The molecule has 9 nitrogen and oxygen atoms in total. The molecule has 0 saturated heterocycles. The van der Waals surface area contributed by atoms with Gasteiger partial charge < -0.3 is 24.3 Å². The number of ether oxygens (including phenoxy) is 2. The molecule has 1 aliphatic rings. The Labute approximate surface area is 201 Å². The third-order valence-corrected chi connectivity index (χ3v) is 6.09. The number of benzene rings is 2. The SMILES string of the molecule is COC(=O)c1ncn2c1C(=O)N(Cc1cccc(F)c1)C(C)(C(=O)NCc1ccccc1OC)C2. The topological polar surface area (TPSA) is 103 Å². The lowest BCUT2D eigenvalue weighted by atomic mass is 9.93. The Morgan fingerprint density at radius 1 is 1.17 bits per heavy atom. The lowest BCUT2D eigenvalue weighted by molar-refractivity contribution is -0.133. The fourth-order valence-corrected chi connectivity index (χ4v) is 4.21. The molecule has 0 spiro atoms. The summed E-state index contributed by atoms with van der Waals surface area (Å²) in [5.41, 5.74) is -0.231. The number of imidazole rings is 1. The first-order valence-corrected chi connectivity index (χ1v) is 10.9. The molecule has 3 aromatic rings. The molecule has 182 valence electrons. The number of nitrogens with one attached hydrogen (secondary N) is 1. The minimum absolute atomic E-state index is 0.0169. The van der Waals surface area contributed by atoms with Crippen LogP contribution in [0.3, 0.4) is 0 Å². The van der Waals surface area contributed by atoms with E-state index in [9.17, 15) is 18.8 Å². The van der Waals surface area contributed by atoms with Gasteiger partial charge in [0.2, 0.25) is 5.91 Å². The second-order valence-corrected chi connectivity index (χ2v) is 8.35. The smallest absolute Gasteiger partial charge is 0.359 e. The molecule has 0 saturated carbocycles. The third kappa shape index (κ3) is 4.46. The predicted molar refractivity (Wildman–Crippen MR) is 123 cm³/mol. The molecule has 35 heavy (non-hydrogen) atoms. The summed E-state index contributed by atoms with van der Waals surface area (Å²) < 4.78 is 25.5. The molecule has 1 unspecified atom stereocenters. The van der Waals surface area contributed by atoms with Gasteiger partial charge in [0.15, 0.2) is 5.69 Å². The third-order valence-electron chi connectivity index (χ3n) is 6.09. The first-order chi connectivity index (χ1) is 16.8. The van der Waals surface area contributed by atoms with Crippen LogP contribution < -0.4 is 10.1 Å². The summed E-state index contributed by atoms with van der Waals surface area (Å²) in [5.74, 6) is -1.62. The minimum atomic E-state index is -1.37. The molecular formula is C25H25FN4O5. The molecule has 2 amide bonds. The number of hydrogen-bond donors (Lipinski definition) is 1. The van der Waals surface area contributed by atoms with Crippen molar-refractivity contribution in [3.8, 4) is 5.75 Å². The van der Waals surface area contributed by atoms with Gasteiger partial charge in [-0.25, -0.2) is 14.2 Å². The van der Waals surface area contributed by atoms with Crippen LogP contribution >= 0.6 is 0 Å². The highest BCUT2D eigenvalue weighted by molar-refractivity contribution is 6.06.